The molecule has 0 bridgehead atoms. The summed E-state index contributed by atoms with van der Waals surface area (Å²) in [7, 11) is 2.89. The maximum atomic E-state index is 6.63. The topological polar surface area (TPSA) is 9.23 Å². The van der Waals surface area contributed by atoms with Crippen molar-refractivity contribution in [1.82, 2.24) is 0 Å². The Balaban J connectivity index is 0.00000211. The van der Waals surface area contributed by atoms with E-state index in [2.05, 4.69) is 61.1 Å². The fraction of sp³-hybridized carbons (Fsp3) is 0.500. The van der Waals surface area contributed by atoms with E-state index in [1.807, 2.05) is 18.2 Å². The fourth-order valence-corrected chi connectivity index (χ4v) is 8.64. The summed E-state index contributed by atoms with van der Waals surface area (Å²) in [5.41, 5.74) is 3.79. The van der Waals surface area contributed by atoms with Crippen LogP contribution in [0, 0.1) is 6.92 Å². The van der Waals surface area contributed by atoms with Gasteiger partial charge in [-0.25, -0.2) is 0 Å². The second-order valence-electron chi connectivity index (χ2n) is 6.48. The van der Waals surface area contributed by atoms with Gasteiger partial charge in [-0.15, -0.1) is 30.4 Å². The van der Waals surface area contributed by atoms with E-state index in [1.165, 1.54) is 0 Å². The zero-order chi connectivity index (χ0) is 17.5. The number of hydrogen-bond acceptors (Lipinski definition) is 1. The molecule has 1 nitrogen and oxygen atoms in total. The Morgan fingerprint density at radius 2 is 1.55 bits per heavy atom. The van der Waals surface area contributed by atoms with Gasteiger partial charge in [-0.05, 0) is 22.7 Å². The van der Waals surface area contributed by atoms with Crippen LogP contribution in [0.1, 0.15) is 52.7 Å². The summed E-state index contributed by atoms with van der Waals surface area (Å²) in [4.78, 5) is 0. The number of hydrogen-bond donors (Lipinski definition) is 0. The monoisotopic (exact) mass is 388 g/mol. The van der Waals surface area contributed by atoms with Gasteiger partial charge < -0.3 is 4.43 Å². The van der Waals surface area contributed by atoms with E-state index in [0.29, 0.717) is 16.6 Å². The Kier molecular flexibility index (Phi) is 9.69. The molecule has 1 rings (SSSR count). The van der Waals surface area contributed by atoms with Crippen molar-refractivity contribution in [3.05, 3.63) is 42.8 Å². The molecule has 0 aliphatic carbocycles. The number of rotatable bonds is 6. The third kappa shape index (κ3) is 4.88. The first-order valence-corrected chi connectivity index (χ1v) is 13.8. The van der Waals surface area contributed by atoms with Crippen LogP contribution >= 0.6 is 9.69 Å². The molecule has 120 valence electrons. The average Bonchev–Trinajstić information content (AvgIpc) is 2.45. The molecule has 22 heavy (non-hydrogen) atoms. The van der Waals surface area contributed by atoms with Crippen molar-refractivity contribution >= 4 is 24.1 Å². The first kappa shape index (κ1) is 21.8. The normalized spacial score (nSPS) is 11.5. The van der Waals surface area contributed by atoms with E-state index in [9.17, 15) is 0 Å². The molecule has 0 amide bonds. The molecule has 0 aliphatic heterocycles. The molecule has 0 unspecified atom stereocenters. The molecule has 4 heteroatoms. The molecule has 0 fully saturated rings. The first-order chi connectivity index (χ1) is 10.3. The van der Waals surface area contributed by atoms with Crippen LogP contribution in [0.15, 0.2) is 24.8 Å². The van der Waals surface area contributed by atoms with Gasteiger partial charge >= 0.3 is 27.0 Å². The molecule has 0 heterocycles. The van der Waals surface area contributed by atoms with Crippen LogP contribution in [-0.4, -0.2) is 8.32 Å². The first-order valence-electron chi connectivity index (χ1n) is 7.79. The van der Waals surface area contributed by atoms with E-state index in [4.69, 9.17) is 14.1 Å². The van der Waals surface area contributed by atoms with E-state index < -0.39 is 8.32 Å². The predicted octanol–water partition coefficient (Wildman–Crippen LogP) is 6.75. The van der Waals surface area contributed by atoms with Crippen molar-refractivity contribution in [2.75, 3.05) is 0 Å². The van der Waals surface area contributed by atoms with Crippen LogP contribution in [0.3, 0.4) is 0 Å². The summed E-state index contributed by atoms with van der Waals surface area (Å²) in [5.74, 6) is 0.961. The zero-order valence-electron chi connectivity index (χ0n) is 14.9. The van der Waals surface area contributed by atoms with Crippen molar-refractivity contribution < 1.29 is 21.7 Å². The molecular formula is C18H29ClOSiZn. The fourth-order valence-electron chi connectivity index (χ4n) is 3.40. The molecule has 0 aliphatic rings. The molecule has 1 aromatic carbocycles. The summed E-state index contributed by atoms with van der Waals surface area (Å²) < 4.78 is 6.63. The summed E-state index contributed by atoms with van der Waals surface area (Å²) in [5, 5.41) is 0. The minimum atomic E-state index is -1.87. The third-order valence-corrected chi connectivity index (χ3v) is 10.3. The Morgan fingerprint density at radius 3 is 1.86 bits per heavy atom. The second kappa shape index (κ2) is 9.80. The van der Waals surface area contributed by atoms with E-state index in [0.717, 1.165) is 34.2 Å². The van der Waals surface area contributed by atoms with Gasteiger partial charge in [0, 0.05) is 5.75 Å². The standard InChI is InChI=1S/C18H29OSi.ClH.Zn/c1-9-17-10-11-18(12-16(17)8)19-20(13(2)3,14(4)5)15(6)7;;/h9-15H,1,8H2,2-7H3;1H;/q-1;;+2/p-1. The van der Waals surface area contributed by atoms with E-state index in [1.54, 1.807) is 0 Å². The average molecular weight is 390 g/mol. The summed E-state index contributed by atoms with van der Waals surface area (Å²) >= 11 is 0.847. The van der Waals surface area contributed by atoms with Gasteiger partial charge in [-0.2, -0.15) is 12.5 Å². The van der Waals surface area contributed by atoms with Gasteiger partial charge in [-0.3, -0.25) is 0 Å². The Morgan fingerprint density at radius 1 is 1.09 bits per heavy atom. The Hall–Kier alpha value is -0.240. The van der Waals surface area contributed by atoms with E-state index >= 15 is 0 Å². The predicted molar refractivity (Wildman–Crippen MR) is 98.5 cm³/mol. The van der Waals surface area contributed by atoms with Gasteiger partial charge in [0.25, 0.3) is 8.32 Å². The molecule has 0 N–H and O–H groups in total. The molecule has 0 spiro atoms. The Labute approximate surface area is 152 Å². The molecule has 1 aromatic rings. The van der Waals surface area contributed by atoms with Crippen LogP contribution < -0.4 is 4.43 Å². The van der Waals surface area contributed by atoms with Crippen molar-refractivity contribution in [3.63, 3.8) is 0 Å². The van der Waals surface area contributed by atoms with Crippen molar-refractivity contribution in [2.45, 2.75) is 58.2 Å². The van der Waals surface area contributed by atoms with Crippen LogP contribution in [0.25, 0.3) is 6.08 Å². The summed E-state index contributed by atoms with van der Waals surface area (Å²) in [6.45, 7) is 21.7. The third-order valence-electron chi connectivity index (χ3n) is 4.34. The van der Waals surface area contributed by atoms with Crippen molar-refractivity contribution in [3.8, 4) is 5.75 Å². The van der Waals surface area contributed by atoms with Gasteiger partial charge in [0.1, 0.15) is 0 Å². The van der Waals surface area contributed by atoms with Crippen LogP contribution in [0.5, 0.6) is 5.75 Å². The van der Waals surface area contributed by atoms with Crippen molar-refractivity contribution in [1.29, 1.82) is 0 Å². The zero-order valence-corrected chi connectivity index (χ0v) is 19.7. The SMILES string of the molecule is C=Cc1ccc(O[Si](C(C)C)(C(C)C)C(C)C)cc1[CH2-].[Cl][Zn+]. The van der Waals surface area contributed by atoms with Crippen LogP contribution in [-0.2, 0) is 17.3 Å². The van der Waals surface area contributed by atoms with E-state index in [-0.39, 0.29) is 0 Å². The maximum absolute atomic E-state index is 6.63. The van der Waals surface area contributed by atoms with Gasteiger partial charge in [0.05, 0.1) is 0 Å². The molecule has 0 aromatic heterocycles. The number of halogens is 1. The van der Waals surface area contributed by atoms with Gasteiger partial charge in [0.2, 0.25) is 0 Å². The number of benzene rings is 1. The van der Waals surface area contributed by atoms with Crippen LogP contribution in [0.4, 0.5) is 0 Å². The molecule has 0 radical (unpaired) electrons. The molecule has 0 atom stereocenters. The molecular weight excluding hydrogens is 361 g/mol. The summed E-state index contributed by atoms with van der Waals surface area (Å²) in [6, 6.07) is 6.15. The summed E-state index contributed by atoms with van der Waals surface area (Å²) in [6.07, 6.45) is 1.84. The van der Waals surface area contributed by atoms with Crippen LogP contribution in [0.2, 0.25) is 16.6 Å². The van der Waals surface area contributed by atoms with Gasteiger partial charge in [0.15, 0.2) is 0 Å². The molecule has 0 saturated heterocycles. The minimum absolute atomic E-state index is 0.579. The Bertz CT molecular complexity index is 450. The second-order valence-corrected chi connectivity index (χ2v) is 11.9. The van der Waals surface area contributed by atoms with Gasteiger partial charge in [-0.1, -0.05) is 41.5 Å². The van der Waals surface area contributed by atoms with Crippen molar-refractivity contribution in [2.24, 2.45) is 0 Å². The quantitative estimate of drug-likeness (QED) is 0.385. The molecule has 0 saturated carbocycles.